The van der Waals surface area contributed by atoms with E-state index in [9.17, 15) is 22.8 Å². The maximum Gasteiger partial charge on any atom is 0.269 e. The molecule has 0 fully saturated rings. The van der Waals surface area contributed by atoms with E-state index in [0.29, 0.717) is 17.0 Å². The molecule has 8 nitrogen and oxygen atoms in total. The van der Waals surface area contributed by atoms with Gasteiger partial charge in [-0.3, -0.25) is 14.4 Å². The minimum atomic E-state index is -4.07. The Morgan fingerprint density at radius 2 is 1.65 bits per heavy atom. The SMILES string of the molecule is CC[C@@H](C)NC(=O)[C@H](Cc1ccccc1)N(Cc1cccc(Cl)c1)C(=O)CCN1C(=O)c2ccccc2S1(=O)=O. The lowest BCUT2D eigenvalue weighted by Gasteiger charge is -2.32. The minimum Gasteiger partial charge on any atom is -0.352 e. The predicted octanol–water partition coefficient (Wildman–Crippen LogP) is 4.43. The molecule has 210 valence electrons. The first-order valence-electron chi connectivity index (χ1n) is 13.2. The van der Waals surface area contributed by atoms with Gasteiger partial charge in [0.15, 0.2) is 0 Å². The molecule has 1 aliphatic heterocycles. The predicted molar refractivity (Wildman–Crippen MR) is 153 cm³/mol. The number of hydrogen-bond donors (Lipinski definition) is 1. The summed E-state index contributed by atoms with van der Waals surface area (Å²) in [6, 6.07) is 21.4. The molecule has 0 unspecified atom stereocenters. The number of benzene rings is 3. The van der Waals surface area contributed by atoms with Crippen LogP contribution in [0.2, 0.25) is 5.02 Å². The largest absolute Gasteiger partial charge is 0.352 e. The molecule has 0 saturated heterocycles. The van der Waals surface area contributed by atoms with E-state index in [0.717, 1.165) is 9.87 Å². The minimum absolute atomic E-state index is 0.0712. The topological polar surface area (TPSA) is 104 Å². The van der Waals surface area contributed by atoms with Crippen LogP contribution >= 0.6 is 11.6 Å². The van der Waals surface area contributed by atoms with Gasteiger partial charge in [-0.15, -0.1) is 0 Å². The second kappa shape index (κ2) is 12.7. The molecular formula is C30H32ClN3O5S. The number of carbonyl (C=O) groups excluding carboxylic acids is 3. The zero-order valence-electron chi connectivity index (χ0n) is 22.4. The van der Waals surface area contributed by atoms with Gasteiger partial charge in [0.2, 0.25) is 11.8 Å². The summed E-state index contributed by atoms with van der Waals surface area (Å²) in [5.74, 6) is -1.44. The lowest BCUT2D eigenvalue weighted by atomic mass is 10.0. The first-order valence-corrected chi connectivity index (χ1v) is 15.0. The average Bonchev–Trinajstić information content (AvgIpc) is 3.14. The van der Waals surface area contributed by atoms with E-state index in [2.05, 4.69) is 5.32 Å². The molecular weight excluding hydrogens is 550 g/mol. The Morgan fingerprint density at radius 1 is 0.975 bits per heavy atom. The Labute approximate surface area is 240 Å². The van der Waals surface area contributed by atoms with Crippen molar-refractivity contribution < 1.29 is 22.8 Å². The van der Waals surface area contributed by atoms with Crippen LogP contribution in [0.5, 0.6) is 0 Å². The summed E-state index contributed by atoms with van der Waals surface area (Å²) in [5, 5.41) is 3.48. The van der Waals surface area contributed by atoms with Crippen LogP contribution in [0, 0.1) is 0 Å². The quantitative estimate of drug-likeness (QED) is 0.361. The number of nitrogens with zero attached hydrogens (tertiary/aromatic N) is 2. The highest BCUT2D eigenvalue weighted by Crippen LogP contribution is 2.30. The molecule has 0 radical (unpaired) electrons. The number of rotatable bonds is 11. The second-order valence-corrected chi connectivity index (χ2v) is 12.1. The average molecular weight is 582 g/mol. The molecule has 4 rings (SSSR count). The standard InChI is InChI=1S/C30H32ClN3O5S/c1-3-21(2)32-29(36)26(19-22-10-5-4-6-11-22)33(20-23-12-9-13-24(31)18-23)28(35)16-17-34-30(37)25-14-7-8-15-27(25)40(34,38)39/h4-15,18,21,26H,3,16-17,19-20H2,1-2H3,(H,32,36)/t21-,26+/m1/s1. The molecule has 0 aliphatic carbocycles. The van der Waals surface area contributed by atoms with Gasteiger partial charge in [0.05, 0.1) is 5.56 Å². The van der Waals surface area contributed by atoms with Crippen LogP contribution < -0.4 is 5.32 Å². The number of sulfonamides is 1. The van der Waals surface area contributed by atoms with Gasteiger partial charge in [-0.25, -0.2) is 12.7 Å². The molecule has 40 heavy (non-hydrogen) atoms. The molecule has 10 heteroatoms. The van der Waals surface area contributed by atoms with Crippen LogP contribution in [0.1, 0.15) is 48.2 Å². The fraction of sp³-hybridized carbons (Fsp3) is 0.300. The van der Waals surface area contributed by atoms with Gasteiger partial charge in [0.1, 0.15) is 10.9 Å². The molecule has 1 heterocycles. The Bertz CT molecular complexity index is 1500. The molecule has 3 aromatic rings. The zero-order valence-corrected chi connectivity index (χ0v) is 24.0. The fourth-order valence-corrected chi connectivity index (χ4v) is 6.40. The molecule has 2 atom stereocenters. The summed E-state index contributed by atoms with van der Waals surface area (Å²) < 4.78 is 26.8. The number of carbonyl (C=O) groups is 3. The van der Waals surface area contributed by atoms with Gasteiger partial charge in [-0.2, -0.15) is 0 Å². The third-order valence-corrected chi connectivity index (χ3v) is 9.03. The molecule has 0 spiro atoms. The summed E-state index contributed by atoms with van der Waals surface area (Å²) in [4.78, 5) is 41.7. The van der Waals surface area contributed by atoms with Crippen molar-refractivity contribution in [2.75, 3.05) is 6.54 Å². The second-order valence-electron chi connectivity index (χ2n) is 9.80. The van der Waals surface area contributed by atoms with Gasteiger partial charge in [-0.1, -0.05) is 73.1 Å². The molecule has 0 bridgehead atoms. The van der Waals surface area contributed by atoms with Gasteiger partial charge in [0.25, 0.3) is 15.9 Å². The Hall–Kier alpha value is -3.69. The van der Waals surface area contributed by atoms with Crippen LogP contribution in [0.15, 0.2) is 83.8 Å². The van der Waals surface area contributed by atoms with Gasteiger partial charge in [0, 0.05) is 37.0 Å². The highest BCUT2D eigenvalue weighted by atomic mass is 35.5. The highest BCUT2D eigenvalue weighted by Gasteiger charge is 2.41. The first-order chi connectivity index (χ1) is 19.1. The Morgan fingerprint density at radius 3 is 2.33 bits per heavy atom. The summed E-state index contributed by atoms with van der Waals surface area (Å²) in [6.07, 6.45) is 0.671. The van der Waals surface area contributed by atoms with Crippen LogP contribution in [-0.2, 0) is 32.6 Å². The van der Waals surface area contributed by atoms with Crippen LogP contribution in [-0.4, -0.2) is 54.0 Å². The zero-order chi connectivity index (χ0) is 28.9. The third-order valence-electron chi connectivity index (χ3n) is 6.95. The molecule has 0 saturated carbocycles. The summed E-state index contributed by atoms with van der Waals surface area (Å²) in [5.41, 5.74) is 1.66. The van der Waals surface area contributed by atoms with Crippen molar-refractivity contribution in [2.45, 2.75) is 56.6 Å². The van der Waals surface area contributed by atoms with E-state index in [4.69, 9.17) is 11.6 Å². The fourth-order valence-electron chi connectivity index (χ4n) is 4.62. The van der Waals surface area contributed by atoms with Gasteiger partial charge < -0.3 is 10.2 Å². The van der Waals surface area contributed by atoms with Crippen LogP contribution in [0.3, 0.4) is 0 Å². The van der Waals surface area contributed by atoms with E-state index in [-0.39, 0.29) is 48.3 Å². The monoisotopic (exact) mass is 581 g/mol. The normalized spacial score (nSPS) is 15.3. The number of amides is 3. The first kappa shape index (κ1) is 29.3. The molecule has 1 N–H and O–H groups in total. The summed E-state index contributed by atoms with van der Waals surface area (Å²) in [7, 11) is -4.07. The van der Waals surface area contributed by atoms with Gasteiger partial charge >= 0.3 is 0 Å². The maximum atomic E-state index is 13.9. The molecule has 3 amide bonds. The number of halogens is 1. The number of hydrogen-bond acceptors (Lipinski definition) is 5. The summed E-state index contributed by atoms with van der Waals surface area (Å²) >= 11 is 6.21. The number of fused-ring (bicyclic) bond motifs is 1. The van der Waals surface area contributed by atoms with Crippen molar-refractivity contribution in [1.82, 2.24) is 14.5 Å². The smallest absolute Gasteiger partial charge is 0.269 e. The van der Waals surface area contributed by atoms with Gasteiger partial charge in [-0.05, 0) is 48.7 Å². The Kier molecular flexibility index (Phi) is 9.27. The lowest BCUT2D eigenvalue weighted by molar-refractivity contribution is -0.141. The lowest BCUT2D eigenvalue weighted by Crippen LogP contribution is -2.52. The van der Waals surface area contributed by atoms with E-state index in [1.165, 1.54) is 17.0 Å². The van der Waals surface area contributed by atoms with Crippen molar-refractivity contribution in [2.24, 2.45) is 0 Å². The van der Waals surface area contributed by atoms with E-state index in [1.807, 2.05) is 50.2 Å². The third kappa shape index (κ3) is 6.54. The van der Waals surface area contributed by atoms with E-state index < -0.39 is 27.9 Å². The van der Waals surface area contributed by atoms with Crippen LogP contribution in [0.25, 0.3) is 0 Å². The molecule has 0 aromatic heterocycles. The van der Waals surface area contributed by atoms with Crippen molar-refractivity contribution >= 4 is 39.3 Å². The highest BCUT2D eigenvalue weighted by molar-refractivity contribution is 7.90. The van der Waals surface area contributed by atoms with Crippen molar-refractivity contribution in [3.8, 4) is 0 Å². The molecule has 1 aliphatic rings. The van der Waals surface area contributed by atoms with E-state index in [1.54, 1.807) is 30.3 Å². The van der Waals surface area contributed by atoms with E-state index >= 15 is 0 Å². The van der Waals surface area contributed by atoms with Crippen molar-refractivity contribution in [1.29, 1.82) is 0 Å². The maximum absolute atomic E-state index is 13.9. The van der Waals surface area contributed by atoms with Crippen molar-refractivity contribution in [3.63, 3.8) is 0 Å². The molecule has 3 aromatic carbocycles. The Balaban J connectivity index is 1.64. The summed E-state index contributed by atoms with van der Waals surface area (Å²) in [6.45, 7) is 3.58. The number of nitrogens with one attached hydrogen (secondary N) is 1. The van der Waals surface area contributed by atoms with Crippen LogP contribution in [0.4, 0.5) is 0 Å². The van der Waals surface area contributed by atoms with Crippen molar-refractivity contribution in [3.05, 3.63) is 101 Å².